The Labute approximate surface area is 148 Å². The summed E-state index contributed by atoms with van der Waals surface area (Å²) in [5.74, 6) is -1.89. The summed E-state index contributed by atoms with van der Waals surface area (Å²) in [6, 6.07) is 5.86. The molecule has 0 unspecified atom stereocenters. The minimum atomic E-state index is -1.26. The monoisotopic (exact) mass is 361 g/mol. The predicted molar refractivity (Wildman–Crippen MR) is 94.1 cm³/mol. The molecule has 138 valence electrons. The number of furan rings is 1. The average Bonchev–Trinajstić information content (AvgIpc) is 3.17. The first-order valence-electron chi connectivity index (χ1n) is 7.63. The number of ether oxygens (including phenoxy) is 1. The molecule has 0 radical (unpaired) electrons. The molecule has 0 saturated heterocycles. The molecule has 0 amide bonds. The van der Waals surface area contributed by atoms with Crippen molar-refractivity contribution >= 4 is 33.8 Å². The van der Waals surface area contributed by atoms with Gasteiger partial charge in [-0.3, -0.25) is 4.68 Å². The van der Waals surface area contributed by atoms with Gasteiger partial charge in [-0.2, -0.15) is 0 Å². The summed E-state index contributed by atoms with van der Waals surface area (Å²) in [4.78, 5) is 19.1. The number of hydrogen-bond donors (Lipinski definition) is 3. The lowest BCUT2D eigenvalue weighted by molar-refractivity contribution is -0.134. The predicted octanol–water partition coefficient (Wildman–Crippen LogP) is 1.85. The third-order valence-electron chi connectivity index (χ3n) is 3.33. The van der Waals surface area contributed by atoms with Crippen LogP contribution in [0.5, 0.6) is 5.88 Å². The molecule has 1 atom stereocenters. The van der Waals surface area contributed by atoms with Gasteiger partial charge < -0.3 is 25.1 Å². The first-order valence-corrected chi connectivity index (χ1v) is 7.63. The molecule has 0 bridgehead atoms. The first kappa shape index (κ1) is 19.0. The minimum Gasteiger partial charge on any atom is -0.479 e. The van der Waals surface area contributed by atoms with Crippen LogP contribution in [0.1, 0.15) is 6.92 Å². The number of carbonyl (C=O) groups is 2. The van der Waals surface area contributed by atoms with Gasteiger partial charge in [0.05, 0.1) is 30.8 Å². The molecule has 9 heteroatoms. The molecular formula is C17H19N3O6. The van der Waals surface area contributed by atoms with Crippen LogP contribution in [-0.4, -0.2) is 45.1 Å². The van der Waals surface area contributed by atoms with Crippen molar-refractivity contribution in [3.63, 3.8) is 0 Å². The van der Waals surface area contributed by atoms with Gasteiger partial charge in [0.15, 0.2) is 0 Å². The number of carboxylic acid groups (broad SMARTS) is 2. The summed E-state index contributed by atoms with van der Waals surface area (Å²) in [6.45, 7) is 2.60. The highest BCUT2D eigenvalue weighted by molar-refractivity contribution is 6.05. The zero-order chi connectivity index (χ0) is 19.3. The molecule has 4 N–H and O–H groups in total. The largest absolute Gasteiger partial charge is 0.479 e. The smallest absolute Gasteiger partial charge is 0.328 e. The van der Waals surface area contributed by atoms with Crippen LogP contribution in [0.25, 0.3) is 21.9 Å². The van der Waals surface area contributed by atoms with Crippen LogP contribution >= 0.6 is 0 Å². The van der Waals surface area contributed by atoms with E-state index in [1.807, 2.05) is 29.8 Å². The molecule has 3 rings (SSSR count). The van der Waals surface area contributed by atoms with Gasteiger partial charge in [0.25, 0.3) is 0 Å². The fourth-order valence-electron chi connectivity index (χ4n) is 2.39. The average molecular weight is 361 g/mol. The maximum Gasteiger partial charge on any atom is 0.328 e. The Balaban J connectivity index is 0.000000260. The quantitative estimate of drug-likeness (QED) is 0.585. The van der Waals surface area contributed by atoms with Gasteiger partial charge >= 0.3 is 11.9 Å². The summed E-state index contributed by atoms with van der Waals surface area (Å²) in [5.41, 5.74) is 7.71. The van der Waals surface area contributed by atoms with Crippen molar-refractivity contribution in [1.82, 2.24) is 9.78 Å². The maximum absolute atomic E-state index is 9.55. The van der Waals surface area contributed by atoms with Crippen molar-refractivity contribution in [2.45, 2.75) is 19.5 Å². The molecule has 0 fully saturated rings. The summed E-state index contributed by atoms with van der Waals surface area (Å²) in [5, 5.41) is 22.1. The van der Waals surface area contributed by atoms with Crippen LogP contribution in [0.15, 0.2) is 41.0 Å². The van der Waals surface area contributed by atoms with Crippen LogP contribution in [0, 0.1) is 0 Å². The lowest BCUT2D eigenvalue weighted by Crippen LogP contribution is -2.22. The van der Waals surface area contributed by atoms with E-state index in [4.69, 9.17) is 25.1 Å². The first-order chi connectivity index (χ1) is 12.3. The highest BCUT2D eigenvalue weighted by Gasteiger charge is 2.15. The second-order valence-electron chi connectivity index (χ2n) is 5.47. The molecule has 2 aromatic heterocycles. The Morgan fingerprint density at radius 1 is 1.27 bits per heavy atom. The Morgan fingerprint density at radius 2 is 1.92 bits per heavy atom. The maximum atomic E-state index is 9.55. The van der Waals surface area contributed by atoms with Crippen LogP contribution in [0.2, 0.25) is 0 Å². The van der Waals surface area contributed by atoms with E-state index < -0.39 is 11.9 Å². The lowest BCUT2D eigenvalue weighted by Gasteiger charge is -2.06. The van der Waals surface area contributed by atoms with Crippen molar-refractivity contribution in [3.8, 4) is 5.88 Å². The third kappa shape index (κ3) is 4.39. The number of nitrogens with zero attached hydrogens (tertiary/aromatic N) is 2. The van der Waals surface area contributed by atoms with Crippen molar-refractivity contribution in [2.24, 2.45) is 5.73 Å². The van der Waals surface area contributed by atoms with Crippen molar-refractivity contribution in [2.75, 3.05) is 7.11 Å². The van der Waals surface area contributed by atoms with Gasteiger partial charge in [0.1, 0.15) is 5.58 Å². The van der Waals surface area contributed by atoms with Crippen LogP contribution in [0.4, 0.5) is 0 Å². The topological polar surface area (TPSA) is 141 Å². The molecule has 0 saturated carbocycles. The van der Waals surface area contributed by atoms with Gasteiger partial charge in [-0.25, -0.2) is 9.59 Å². The number of nitrogens with two attached hydrogens (primary N) is 1. The molecule has 26 heavy (non-hydrogen) atoms. The molecule has 9 nitrogen and oxygen atoms in total. The molecule has 2 heterocycles. The van der Waals surface area contributed by atoms with Gasteiger partial charge in [-0.05, 0) is 25.1 Å². The second-order valence-corrected chi connectivity index (χ2v) is 5.47. The zero-order valence-electron chi connectivity index (χ0n) is 14.2. The molecule has 0 aliphatic rings. The molecule has 0 spiro atoms. The number of aliphatic carboxylic acids is 2. The van der Waals surface area contributed by atoms with Crippen LogP contribution < -0.4 is 10.5 Å². The number of fused-ring (bicyclic) bond motifs is 3. The van der Waals surface area contributed by atoms with E-state index >= 15 is 0 Å². The summed E-state index contributed by atoms with van der Waals surface area (Å²) >= 11 is 0. The highest BCUT2D eigenvalue weighted by Crippen LogP contribution is 2.31. The number of aromatic nitrogens is 2. The summed E-state index contributed by atoms with van der Waals surface area (Å²) in [6.07, 6.45) is 2.80. The Kier molecular flexibility index (Phi) is 5.97. The van der Waals surface area contributed by atoms with Crippen molar-refractivity contribution in [1.29, 1.82) is 0 Å². The van der Waals surface area contributed by atoms with Gasteiger partial charge in [-0.15, -0.1) is 5.10 Å². The Bertz CT molecular complexity index is 938. The fraction of sp³-hybridized carbons (Fsp3) is 0.235. The normalized spacial score (nSPS) is 12.1. The molecule has 1 aromatic carbocycles. The minimum absolute atomic E-state index is 0.0277. The van der Waals surface area contributed by atoms with E-state index in [1.165, 1.54) is 0 Å². The van der Waals surface area contributed by atoms with Crippen LogP contribution in [0.3, 0.4) is 0 Å². The SMILES string of the molecule is COc1nn(C[C@H](C)N)c2c1ccc1occc12.O=C(O)C=CC(=O)O. The fourth-order valence-corrected chi connectivity index (χ4v) is 2.39. The van der Waals surface area contributed by atoms with Crippen molar-refractivity contribution < 1.29 is 29.0 Å². The third-order valence-corrected chi connectivity index (χ3v) is 3.33. The van der Waals surface area contributed by atoms with E-state index in [2.05, 4.69) is 5.10 Å². The summed E-state index contributed by atoms with van der Waals surface area (Å²) in [7, 11) is 1.62. The molecule has 0 aliphatic heterocycles. The standard InChI is InChI=1S/C13H15N3O2.C4H4O4/c1-8(14)7-16-12-9-5-6-18-11(9)4-3-10(12)13(15-16)17-2;5-3(6)1-2-4(7)8/h3-6,8H,7,14H2,1-2H3;1-2H,(H,5,6)(H,7,8)/t8-;/m0./s1. The van der Waals surface area contributed by atoms with Gasteiger partial charge in [0, 0.05) is 23.6 Å². The molecule has 3 aromatic rings. The Hall–Kier alpha value is -3.33. The van der Waals surface area contributed by atoms with E-state index in [1.54, 1.807) is 13.4 Å². The van der Waals surface area contributed by atoms with Crippen LogP contribution in [-0.2, 0) is 16.1 Å². The molecule has 0 aliphatic carbocycles. The number of carboxylic acids is 2. The zero-order valence-corrected chi connectivity index (χ0v) is 14.2. The van der Waals surface area contributed by atoms with E-state index in [0.29, 0.717) is 24.6 Å². The number of hydrogen-bond acceptors (Lipinski definition) is 6. The lowest BCUT2D eigenvalue weighted by atomic mass is 10.2. The van der Waals surface area contributed by atoms with Gasteiger partial charge in [0.2, 0.25) is 5.88 Å². The highest BCUT2D eigenvalue weighted by atomic mass is 16.5. The Morgan fingerprint density at radius 3 is 2.46 bits per heavy atom. The van der Waals surface area contributed by atoms with Crippen molar-refractivity contribution in [3.05, 3.63) is 36.6 Å². The van der Waals surface area contributed by atoms with E-state index in [9.17, 15) is 9.59 Å². The molecular weight excluding hydrogens is 342 g/mol. The summed E-state index contributed by atoms with van der Waals surface area (Å²) < 4.78 is 12.6. The number of rotatable bonds is 5. The number of benzene rings is 1. The van der Waals surface area contributed by atoms with Gasteiger partial charge in [-0.1, -0.05) is 0 Å². The second kappa shape index (κ2) is 8.17. The van der Waals surface area contributed by atoms with E-state index in [0.717, 1.165) is 21.9 Å². The van der Waals surface area contributed by atoms with E-state index in [-0.39, 0.29) is 6.04 Å². The number of methoxy groups -OCH3 is 1.